The third-order valence-electron chi connectivity index (χ3n) is 3.79. The molecule has 1 N–H and O–H groups in total. The highest BCUT2D eigenvalue weighted by Gasteiger charge is 2.35. The van der Waals surface area contributed by atoms with Crippen LogP contribution in [0.2, 0.25) is 0 Å². The van der Waals surface area contributed by atoms with Crippen molar-refractivity contribution in [3.63, 3.8) is 0 Å². The second-order valence-corrected chi connectivity index (χ2v) is 5.63. The van der Waals surface area contributed by atoms with Gasteiger partial charge >= 0.3 is 0 Å². The molecule has 0 unspecified atom stereocenters. The molecule has 0 fully saturated rings. The van der Waals surface area contributed by atoms with Crippen LogP contribution in [0.4, 0.5) is 0 Å². The van der Waals surface area contributed by atoms with Crippen molar-refractivity contribution >= 4 is 0 Å². The van der Waals surface area contributed by atoms with E-state index in [4.69, 9.17) is 0 Å². The molecular formula is C18H24N2O. The summed E-state index contributed by atoms with van der Waals surface area (Å²) in [6.45, 7) is 1.66. The van der Waals surface area contributed by atoms with E-state index in [9.17, 15) is 5.11 Å². The van der Waals surface area contributed by atoms with Gasteiger partial charge in [0.15, 0.2) is 5.72 Å². The Hall–Kier alpha value is -1.68. The first-order valence-corrected chi connectivity index (χ1v) is 7.24. The van der Waals surface area contributed by atoms with Crippen molar-refractivity contribution in [2.24, 2.45) is 0 Å². The van der Waals surface area contributed by atoms with Crippen molar-refractivity contribution in [3.05, 3.63) is 71.8 Å². The molecule has 0 aromatic heterocycles. The molecule has 0 heterocycles. The van der Waals surface area contributed by atoms with Gasteiger partial charge in [-0.2, -0.15) is 0 Å². The van der Waals surface area contributed by atoms with E-state index in [1.54, 1.807) is 0 Å². The molecule has 2 aromatic carbocycles. The molecule has 0 spiro atoms. The summed E-state index contributed by atoms with van der Waals surface area (Å²) in [5, 5.41) is 11.4. The SMILES string of the molecule is CN(C)CCN(C)C(O)(c1ccccc1)c1ccccc1. The number of benzene rings is 2. The summed E-state index contributed by atoms with van der Waals surface area (Å²) in [7, 11) is 6.04. The molecule has 112 valence electrons. The first kappa shape index (κ1) is 15.7. The first-order chi connectivity index (χ1) is 10.0. The average molecular weight is 284 g/mol. The Morgan fingerprint density at radius 1 is 0.762 bits per heavy atom. The van der Waals surface area contributed by atoms with E-state index in [-0.39, 0.29) is 0 Å². The average Bonchev–Trinajstić information content (AvgIpc) is 2.53. The van der Waals surface area contributed by atoms with E-state index in [1.165, 1.54) is 0 Å². The molecule has 0 saturated heterocycles. The van der Waals surface area contributed by atoms with Crippen LogP contribution in [0.5, 0.6) is 0 Å². The van der Waals surface area contributed by atoms with Crippen LogP contribution in [0.3, 0.4) is 0 Å². The minimum absolute atomic E-state index is 0.771. The van der Waals surface area contributed by atoms with Crippen molar-refractivity contribution in [1.82, 2.24) is 9.80 Å². The third-order valence-corrected chi connectivity index (χ3v) is 3.79. The Kier molecular flexibility index (Phi) is 5.12. The van der Waals surface area contributed by atoms with E-state index in [2.05, 4.69) is 4.90 Å². The van der Waals surface area contributed by atoms with E-state index in [0.717, 1.165) is 24.2 Å². The van der Waals surface area contributed by atoms with Crippen molar-refractivity contribution in [2.75, 3.05) is 34.2 Å². The number of rotatable bonds is 6. The second-order valence-electron chi connectivity index (χ2n) is 5.63. The fourth-order valence-corrected chi connectivity index (χ4v) is 2.46. The molecule has 2 aromatic rings. The standard InChI is InChI=1S/C18H24N2O/c1-19(2)14-15-20(3)18(21,16-10-6-4-7-11-16)17-12-8-5-9-13-17/h4-13,21H,14-15H2,1-3H3. The summed E-state index contributed by atoms with van der Waals surface area (Å²) in [6, 6.07) is 19.7. The maximum Gasteiger partial charge on any atom is 0.170 e. The van der Waals surface area contributed by atoms with Gasteiger partial charge in [0.05, 0.1) is 0 Å². The lowest BCUT2D eigenvalue weighted by Gasteiger charge is -2.38. The molecule has 0 aliphatic rings. The maximum atomic E-state index is 11.4. The summed E-state index contributed by atoms with van der Waals surface area (Å²) >= 11 is 0. The summed E-state index contributed by atoms with van der Waals surface area (Å²) < 4.78 is 0. The molecule has 21 heavy (non-hydrogen) atoms. The van der Waals surface area contributed by atoms with Crippen LogP contribution >= 0.6 is 0 Å². The zero-order valence-corrected chi connectivity index (χ0v) is 13.0. The van der Waals surface area contributed by atoms with Crippen LogP contribution in [-0.2, 0) is 5.72 Å². The number of hydrogen-bond acceptors (Lipinski definition) is 3. The highest BCUT2D eigenvalue weighted by atomic mass is 16.3. The van der Waals surface area contributed by atoms with Gasteiger partial charge in [-0.3, -0.25) is 4.90 Å². The highest BCUT2D eigenvalue weighted by Crippen LogP contribution is 2.32. The number of hydrogen-bond donors (Lipinski definition) is 1. The molecular weight excluding hydrogens is 260 g/mol. The van der Waals surface area contributed by atoms with Crippen molar-refractivity contribution in [3.8, 4) is 0 Å². The zero-order valence-electron chi connectivity index (χ0n) is 13.0. The molecule has 0 saturated carbocycles. The van der Waals surface area contributed by atoms with E-state index in [1.807, 2.05) is 86.7 Å². The van der Waals surface area contributed by atoms with Gasteiger partial charge in [0, 0.05) is 24.2 Å². The molecule has 0 amide bonds. The van der Waals surface area contributed by atoms with Crippen LogP contribution in [0.25, 0.3) is 0 Å². The summed E-state index contributed by atoms with van der Waals surface area (Å²) in [6.07, 6.45) is 0. The van der Waals surface area contributed by atoms with Crippen LogP contribution in [0.15, 0.2) is 60.7 Å². The van der Waals surface area contributed by atoms with Crippen molar-refractivity contribution < 1.29 is 5.11 Å². The van der Waals surface area contributed by atoms with Crippen LogP contribution < -0.4 is 0 Å². The van der Waals surface area contributed by atoms with Crippen molar-refractivity contribution in [2.45, 2.75) is 5.72 Å². The van der Waals surface area contributed by atoms with Crippen LogP contribution in [-0.4, -0.2) is 49.1 Å². The fraction of sp³-hybridized carbons (Fsp3) is 0.333. The molecule has 0 aliphatic carbocycles. The number of aliphatic hydroxyl groups is 1. The van der Waals surface area contributed by atoms with Crippen molar-refractivity contribution in [1.29, 1.82) is 0 Å². The molecule has 0 radical (unpaired) electrons. The maximum absolute atomic E-state index is 11.4. The molecule has 0 atom stereocenters. The zero-order chi connectivity index (χ0) is 15.3. The fourth-order valence-electron chi connectivity index (χ4n) is 2.46. The molecule has 2 rings (SSSR count). The predicted octanol–water partition coefficient (Wildman–Crippen LogP) is 2.37. The van der Waals surface area contributed by atoms with Crippen LogP contribution in [0, 0.1) is 0 Å². The molecule has 3 heteroatoms. The monoisotopic (exact) mass is 284 g/mol. The molecule has 0 aliphatic heterocycles. The lowest BCUT2D eigenvalue weighted by Crippen LogP contribution is -2.47. The highest BCUT2D eigenvalue weighted by molar-refractivity contribution is 5.35. The van der Waals surface area contributed by atoms with Gasteiger partial charge in [-0.1, -0.05) is 60.7 Å². The third kappa shape index (κ3) is 3.50. The molecule has 3 nitrogen and oxygen atoms in total. The number of nitrogens with zero attached hydrogens (tertiary/aromatic N) is 2. The Bertz CT molecular complexity index is 500. The van der Waals surface area contributed by atoms with Gasteiger partial charge in [-0.25, -0.2) is 0 Å². The second kappa shape index (κ2) is 6.85. The molecule has 0 bridgehead atoms. The lowest BCUT2D eigenvalue weighted by atomic mass is 9.93. The Morgan fingerprint density at radius 2 is 1.19 bits per heavy atom. The quantitative estimate of drug-likeness (QED) is 0.825. The Balaban J connectivity index is 2.40. The van der Waals surface area contributed by atoms with Gasteiger partial charge < -0.3 is 10.0 Å². The van der Waals surface area contributed by atoms with E-state index in [0.29, 0.717) is 0 Å². The van der Waals surface area contributed by atoms with Gasteiger partial charge in [0.25, 0.3) is 0 Å². The van der Waals surface area contributed by atoms with Crippen LogP contribution in [0.1, 0.15) is 11.1 Å². The summed E-state index contributed by atoms with van der Waals surface area (Å²) in [5.41, 5.74) is 0.660. The van der Waals surface area contributed by atoms with E-state index >= 15 is 0 Å². The summed E-state index contributed by atoms with van der Waals surface area (Å²) in [4.78, 5) is 4.12. The predicted molar refractivity (Wildman–Crippen MR) is 87.1 cm³/mol. The minimum atomic E-state index is -1.11. The van der Waals surface area contributed by atoms with Gasteiger partial charge in [0.2, 0.25) is 0 Å². The summed E-state index contributed by atoms with van der Waals surface area (Å²) in [5.74, 6) is 0. The Labute approximate surface area is 127 Å². The first-order valence-electron chi connectivity index (χ1n) is 7.24. The van der Waals surface area contributed by atoms with E-state index < -0.39 is 5.72 Å². The lowest BCUT2D eigenvalue weighted by molar-refractivity contribution is -0.0675. The number of likely N-dealkylation sites (N-methyl/N-ethyl adjacent to an activating group) is 2. The largest absolute Gasteiger partial charge is 0.367 e. The van der Waals surface area contributed by atoms with Gasteiger partial charge in [-0.05, 0) is 21.1 Å². The minimum Gasteiger partial charge on any atom is -0.367 e. The van der Waals surface area contributed by atoms with Gasteiger partial charge in [0.1, 0.15) is 0 Å². The topological polar surface area (TPSA) is 26.7 Å². The smallest absolute Gasteiger partial charge is 0.170 e. The normalized spacial score (nSPS) is 12.1. The Morgan fingerprint density at radius 3 is 1.57 bits per heavy atom. The van der Waals surface area contributed by atoms with Gasteiger partial charge in [-0.15, -0.1) is 0 Å².